The van der Waals surface area contributed by atoms with Crippen LogP contribution in [0, 0.1) is 0 Å². The lowest BCUT2D eigenvalue weighted by Crippen LogP contribution is -2.66. The van der Waals surface area contributed by atoms with E-state index < -0.39 is 5.54 Å². The average molecular weight is 454 g/mol. The van der Waals surface area contributed by atoms with Gasteiger partial charge in [0.25, 0.3) is 5.91 Å². The van der Waals surface area contributed by atoms with E-state index in [0.29, 0.717) is 18.8 Å². The van der Waals surface area contributed by atoms with Crippen LogP contribution in [-0.4, -0.2) is 59.2 Å². The number of carbonyl (C=O) groups is 2. The highest BCUT2D eigenvalue weighted by molar-refractivity contribution is 6.03. The summed E-state index contributed by atoms with van der Waals surface area (Å²) in [6, 6.07) is 7.94. The maximum Gasteiger partial charge on any atom is 0.271 e. The lowest BCUT2D eigenvalue weighted by atomic mass is 9.93. The Morgan fingerprint density at radius 1 is 1.15 bits per heavy atom. The summed E-state index contributed by atoms with van der Waals surface area (Å²) >= 11 is 0. The Morgan fingerprint density at radius 2 is 1.94 bits per heavy atom. The van der Waals surface area contributed by atoms with Crippen molar-refractivity contribution in [1.29, 1.82) is 0 Å². The minimum absolute atomic E-state index is 0.0185. The number of rotatable bonds is 5. The first kappa shape index (κ1) is 22.3. The molecule has 33 heavy (non-hydrogen) atoms. The highest BCUT2D eigenvalue weighted by atomic mass is 16.5. The molecule has 2 aromatic rings. The zero-order chi connectivity index (χ0) is 23.0. The van der Waals surface area contributed by atoms with Crippen molar-refractivity contribution < 1.29 is 19.1 Å². The molecule has 3 aliphatic rings. The molecule has 2 aliphatic heterocycles. The van der Waals surface area contributed by atoms with E-state index in [1.54, 1.807) is 12.0 Å². The van der Waals surface area contributed by atoms with Crippen LogP contribution >= 0.6 is 0 Å². The van der Waals surface area contributed by atoms with Gasteiger partial charge in [0.2, 0.25) is 5.91 Å². The quantitative estimate of drug-likeness (QED) is 0.698. The first-order valence-electron chi connectivity index (χ1n) is 12.4. The van der Waals surface area contributed by atoms with Gasteiger partial charge in [0, 0.05) is 30.6 Å². The minimum Gasteiger partial charge on any atom is -0.497 e. The van der Waals surface area contributed by atoms with Gasteiger partial charge < -0.3 is 24.3 Å². The molecule has 178 valence electrons. The molecule has 3 heterocycles. The SMILES string of the molecule is COc1ccc2cc3n(c2c1)CC(C)(C(=O)NC1CCCCCC1)N(CC1CCCO1)C3=O. The van der Waals surface area contributed by atoms with Gasteiger partial charge in [-0.3, -0.25) is 9.59 Å². The van der Waals surface area contributed by atoms with Gasteiger partial charge in [-0.25, -0.2) is 0 Å². The molecule has 1 aromatic carbocycles. The Balaban J connectivity index is 1.51. The third-order valence-electron chi connectivity index (χ3n) is 7.73. The summed E-state index contributed by atoms with van der Waals surface area (Å²) in [6.07, 6.45) is 8.67. The van der Waals surface area contributed by atoms with E-state index >= 15 is 0 Å². The maximum atomic E-state index is 13.8. The van der Waals surface area contributed by atoms with E-state index in [9.17, 15) is 9.59 Å². The number of benzene rings is 1. The zero-order valence-corrected chi connectivity index (χ0v) is 19.8. The first-order chi connectivity index (χ1) is 16.0. The molecule has 5 rings (SSSR count). The highest BCUT2D eigenvalue weighted by Gasteiger charge is 2.49. The summed E-state index contributed by atoms with van der Waals surface area (Å²) in [5, 5.41) is 4.30. The molecular formula is C26H35N3O4. The minimum atomic E-state index is -0.989. The zero-order valence-electron chi connectivity index (χ0n) is 19.8. The van der Waals surface area contributed by atoms with Gasteiger partial charge in [-0.2, -0.15) is 0 Å². The van der Waals surface area contributed by atoms with Crippen molar-refractivity contribution in [2.45, 2.75) is 82.5 Å². The van der Waals surface area contributed by atoms with Crippen LogP contribution in [0.4, 0.5) is 0 Å². The van der Waals surface area contributed by atoms with Crippen LogP contribution in [0.2, 0.25) is 0 Å². The van der Waals surface area contributed by atoms with Crippen molar-refractivity contribution in [2.24, 2.45) is 0 Å². The van der Waals surface area contributed by atoms with Gasteiger partial charge in [-0.05, 0) is 50.8 Å². The van der Waals surface area contributed by atoms with Crippen molar-refractivity contribution in [1.82, 2.24) is 14.8 Å². The van der Waals surface area contributed by atoms with Gasteiger partial charge in [0.15, 0.2) is 0 Å². The maximum absolute atomic E-state index is 13.8. The average Bonchev–Trinajstić information content (AvgIpc) is 3.38. The fraction of sp³-hybridized carbons (Fsp3) is 0.615. The van der Waals surface area contributed by atoms with Crippen LogP contribution in [0.25, 0.3) is 10.9 Å². The predicted molar refractivity (Wildman–Crippen MR) is 127 cm³/mol. The molecule has 7 heteroatoms. The number of nitrogens with zero attached hydrogens (tertiary/aromatic N) is 2. The lowest BCUT2D eigenvalue weighted by molar-refractivity contribution is -0.134. The number of aromatic nitrogens is 1. The standard InChI is InChI=1S/C26H35N3O4/c1-26(25(31)27-19-8-5-3-4-6-9-19)17-28-22-15-20(32-2)12-11-18(22)14-23(28)24(30)29(26)16-21-10-7-13-33-21/h11-12,14-15,19,21H,3-10,13,16-17H2,1-2H3,(H,27,31). The van der Waals surface area contributed by atoms with E-state index in [2.05, 4.69) is 5.32 Å². The summed E-state index contributed by atoms with van der Waals surface area (Å²) in [6.45, 7) is 3.49. The first-order valence-corrected chi connectivity index (χ1v) is 12.4. The van der Waals surface area contributed by atoms with Crippen LogP contribution in [0.15, 0.2) is 24.3 Å². The number of fused-ring (bicyclic) bond motifs is 3. The molecule has 1 saturated carbocycles. The summed E-state index contributed by atoms with van der Waals surface area (Å²) in [4.78, 5) is 29.4. The summed E-state index contributed by atoms with van der Waals surface area (Å²) in [5.74, 6) is 0.573. The van der Waals surface area contributed by atoms with Crippen LogP contribution in [0.5, 0.6) is 5.75 Å². The van der Waals surface area contributed by atoms with Crippen LogP contribution in [0.3, 0.4) is 0 Å². The highest BCUT2D eigenvalue weighted by Crippen LogP contribution is 2.35. The van der Waals surface area contributed by atoms with E-state index in [1.807, 2.05) is 35.8 Å². The number of nitrogens with one attached hydrogen (secondary N) is 1. The Hall–Kier alpha value is -2.54. The molecule has 0 bridgehead atoms. The van der Waals surface area contributed by atoms with Gasteiger partial charge in [0.05, 0.1) is 25.3 Å². The fourth-order valence-electron chi connectivity index (χ4n) is 5.70. The van der Waals surface area contributed by atoms with E-state index in [1.165, 1.54) is 12.8 Å². The third-order valence-corrected chi connectivity index (χ3v) is 7.73. The molecule has 1 N–H and O–H groups in total. The van der Waals surface area contributed by atoms with Gasteiger partial charge in [-0.15, -0.1) is 0 Å². The van der Waals surface area contributed by atoms with Crippen LogP contribution < -0.4 is 10.1 Å². The smallest absolute Gasteiger partial charge is 0.271 e. The van der Waals surface area contributed by atoms with Crippen molar-refractivity contribution in [3.63, 3.8) is 0 Å². The molecule has 7 nitrogen and oxygen atoms in total. The molecule has 1 aromatic heterocycles. The number of carbonyl (C=O) groups excluding carboxylic acids is 2. The molecule has 2 fully saturated rings. The summed E-state index contributed by atoms with van der Waals surface area (Å²) < 4.78 is 13.3. The van der Waals surface area contributed by atoms with E-state index in [0.717, 1.165) is 61.8 Å². The van der Waals surface area contributed by atoms with Gasteiger partial charge >= 0.3 is 0 Å². The number of methoxy groups -OCH3 is 1. The molecule has 0 radical (unpaired) electrons. The topological polar surface area (TPSA) is 72.8 Å². The summed E-state index contributed by atoms with van der Waals surface area (Å²) in [5.41, 5.74) is 0.552. The Kier molecular flexibility index (Phi) is 6.08. The molecular weight excluding hydrogens is 418 g/mol. The van der Waals surface area contributed by atoms with Crippen molar-refractivity contribution in [2.75, 3.05) is 20.3 Å². The lowest BCUT2D eigenvalue weighted by Gasteiger charge is -2.45. The normalized spacial score (nSPS) is 26.3. The monoisotopic (exact) mass is 453 g/mol. The largest absolute Gasteiger partial charge is 0.497 e. The molecule has 1 saturated heterocycles. The second-order valence-electron chi connectivity index (χ2n) is 10.0. The van der Waals surface area contributed by atoms with Crippen molar-refractivity contribution >= 4 is 22.7 Å². The fourth-order valence-corrected chi connectivity index (χ4v) is 5.70. The number of hydrogen-bond acceptors (Lipinski definition) is 4. The van der Waals surface area contributed by atoms with Gasteiger partial charge in [-0.1, -0.05) is 25.7 Å². The molecule has 1 aliphatic carbocycles. The number of ether oxygens (including phenoxy) is 2. The number of amides is 2. The Bertz CT molecular complexity index is 1030. The van der Waals surface area contributed by atoms with Crippen LogP contribution in [0.1, 0.15) is 68.8 Å². The van der Waals surface area contributed by atoms with Gasteiger partial charge in [0.1, 0.15) is 17.0 Å². The molecule has 2 unspecified atom stereocenters. The predicted octanol–water partition coefficient (Wildman–Crippen LogP) is 3.88. The van der Waals surface area contributed by atoms with Crippen LogP contribution in [-0.2, 0) is 16.1 Å². The van der Waals surface area contributed by atoms with E-state index in [-0.39, 0.29) is 24.0 Å². The molecule has 0 spiro atoms. The summed E-state index contributed by atoms with van der Waals surface area (Å²) in [7, 11) is 1.64. The van der Waals surface area contributed by atoms with E-state index in [4.69, 9.17) is 9.47 Å². The molecule has 2 amide bonds. The van der Waals surface area contributed by atoms with Crippen molar-refractivity contribution in [3.8, 4) is 5.75 Å². The van der Waals surface area contributed by atoms with Crippen molar-refractivity contribution in [3.05, 3.63) is 30.0 Å². The Labute approximate surface area is 195 Å². The second kappa shape index (κ2) is 9.01. The third kappa shape index (κ3) is 4.12. The second-order valence-corrected chi connectivity index (χ2v) is 10.0. The molecule has 2 atom stereocenters. The number of hydrogen-bond donors (Lipinski definition) is 1. The Morgan fingerprint density at radius 3 is 2.64 bits per heavy atom.